The van der Waals surface area contributed by atoms with Gasteiger partial charge in [-0.25, -0.2) is 9.18 Å². The standard InChI is InChI=1S/C12H11FN2O4/c13-8-2-1-6(5-7(8)12(18)19)14-11(17)9-3-4-10(16)15-9/h1-2,5,9H,3-4H2,(H,14,17)(H,15,16)(H,18,19). The predicted molar refractivity (Wildman–Crippen MR) is 63.2 cm³/mol. The number of carbonyl (C=O) groups excluding carboxylic acids is 2. The number of hydrogen-bond acceptors (Lipinski definition) is 3. The lowest BCUT2D eigenvalue weighted by Crippen LogP contribution is -2.37. The summed E-state index contributed by atoms with van der Waals surface area (Å²) in [7, 11) is 0. The molecule has 1 unspecified atom stereocenters. The lowest BCUT2D eigenvalue weighted by molar-refractivity contribution is -0.122. The molecule has 6 nitrogen and oxygen atoms in total. The van der Waals surface area contributed by atoms with Crippen LogP contribution in [0.25, 0.3) is 0 Å². The summed E-state index contributed by atoms with van der Waals surface area (Å²) in [5, 5.41) is 13.7. The first-order chi connectivity index (χ1) is 8.97. The van der Waals surface area contributed by atoms with Gasteiger partial charge in [0.05, 0.1) is 5.56 Å². The van der Waals surface area contributed by atoms with Crippen LogP contribution in [0, 0.1) is 5.82 Å². The molecule has 1 aromatic carbocycles. The number of carboxylic acid groups (broad SMARTS) is 1. The van der Waals surface area contributed by atoms with Gasteiger partial charge in [-0.1, -0.05) is 0 Å². The molecule has 1 aliphatic rings. The zero-order valence-electron chi connectivity index (χ0n) is 9.77. The second-order valence-electron chi connectivity index (χ2n) is 4.15. The second kappa shape index (κ2) is 5.05. The fourth-order valence-electron chi connectivity index (χ4n) is 1.81. The van der Waals surface area contributed by atoms with Gasteiger partial charge in [0.15, 0.2) is 0 Å². The first kappa shape index (κ1) is 13.0. The van der Waals surface area contributed by atoms with Gasteiger partial charge in [0.1, 0.15) is 11.9 Å². The number of rotatable bonds is 3. The van der Waals surface area contributed by atoms with Crippen molar-refractivity contribution < 1.29 is 23.9 Å². The maximum absolute atomic E-state index is 13.2. The average molecular weight is 266 g/mol. The maximum Gasteiger partial charge on any atom is 0.338 e. The van der Waals surface area contributed by atoms with Crippen LogP contribution in [0.1, 0.15) is 23.2 Å². The minimum absolute atomic E-state index is 0.171. The Hall–Kier alpha value is -2.44. The van der Waals surface area contributed by atoms with E-state index in [1.54, 1.807) is 0 Å². The van der Waals surface area contributed by atoms with E-state index in [1.807, 2.05) is 0 Å². The topological polar surface area (TPSA) is 95.5 Å². The van der Waals surface area contributed by atoms with Gasteiger partial charge in [-0.15, -0.1) is 0 Å². The Balaban J connectivity index is 2.11. The molecule has 100 valence electrons. The number of nitrogens with one attached hydrogen (secondary N) is 2. The Kier molecular flexibility index (Phi) is 3.46. The maximum atomic E-state index is 13.2. The molecule has 2 rings (SSSR count). The molecule has 0 aromatic heterocycles. The van der Waals surface area contributed by atoms with Crippen LogP contribution in [0.5, 0.6) is 0 Å². The molecule has 0 saturated carbocycles. The molecule has 2 amide bonds. The monoisotopic (exact) mass is 266 g/mol. The van der Waals surface area contributed by atoms with Gasteiger partial charge in [0.25, 0.3) is 0 Å². The summed E-state index contributed by atoms with van der Waals surface area (Å²) in [6, 6.07) is 2.63. The van der Waals surface area contributed by atoms with E-state index < -0.39 is 29.3 Å². The SMILES string of the molecule is O=C1CCC(C(=O)Nc2ccc(F)c(C(=O)O)c2)N1. The van der Waals surface area contributed by atoms with Crippen molar-refractivity contribution in [3.63, 3.8) is 0 Å². The van der Waals surface area contributed by atoms with Crippen LogP contribution in [0.2, 0.25) is 0 Å². The van der Waals surface area contributed by atoms with Crippen molar-refractivity contribution in [1.29, 1.82) is 0 Å². The molecular formula is C12H11FN2O4. The summed E-state index contributed by atoms with van der Waals surface area (Å²) in [4.78, 5) is 33.5. The molecule has 0 bridgehead atoms. The quantitative estimate of drug-likeness (QED) is 0.752. The van der Waals surface area contributed by atoms with Crippen LogP contribution in [0.3, 0.4) is 0 Å². The first-order valence-electron chi connectivity index (χ1n) is 5.60. The van der Waals surface area contributed by atoms with Gasteiger partial charge < -0.3 is 15.7 Å². The third-order valence-electron chi connectivity index (χ3n) is 2.78. The molecule has 3 N–H and O–H groups in total. The van der Waals surface area contributed by atoms with Gasteiger partial charge in [0, 0.05) is 12.1 Å². The molecular weight excluding hydrogens is 255 g/mol. The second-order valence-corrected chi connectivity index (χ2v) is 4.15. The number of benzene rings is 1. The number of anilines is 1. The van der Waals surface area contributed by atoms with E-state index in [2.05, 4.69) is 10.6 Å². The Morgan fingerprint density at radius 2 is 2.16 bits per heavy atom. The summed E-state index contributed by atoms with van der Waals surface area (Å²) in [5.74, 6) is -2.94. The number of carboxylic acids is 1. The first-order valence-corrected chi connectivity index (χ1v) is 5.60. The highest BCUT2D eigenvalue weighted by Crippen LogP contribution is 2.16. The third kappa shape index (κ3) is 2.87. The summed E-state index contributed by atoms with van der Waals surface area (Å²) >= 11 is 0. The fraction of sp³-hybridized carbons (Fsp3) is 0.250. The Labute approximate surface area is 107 Å². The average Bonchev–Trinajstić information content (AvgIpc) is 2.78. The molecule has 1 atom stereocenters. The number of hydrogen-bond donors (Lipinski definition) is 3. The Morgan fingerprint density at radius 1 is 1.42 bits per heavy atom. The smallest absolute Gasteiger partial charge is 0.338 e. The van der Waals surface area contributed by atoms with E-state index in [9.17, 15) is 18.8 Å². The van der Waals surface area contributed by atoms with E-state index in [-0.39, 0.29) is 18.0 Å². The van der Waals surface area contributed by atoms with Crippen LogP contribution >= 0.6 is 0 Å². The van der Waals surface area contributed by atoms with E-state index in [1.165, 1.54) is 6.07 Å². The summed E-state index contributed by atoms with van der Waals surface area (Å²) in [5.41, 5.74) is -0.349. The Morgan fingerprint density at radius 3 is 2.74 bits per heavy atom. The highest BCUT2D eigenvalue weighted by atomic mass is 19.1. The van der Waals surface area contributed by atoms with Gasteiger partial charge in [-0.05, 0) is 24.6 Å². The predicted octanol–water partition coefficient (Wildman–Crippen LogP) is 0.741. The van der Waals surface area contributed by atoms with Crippen LogP contribution in [-0.2, 0) is 9.59 Å². The van der Waals surface area contributed by atoms with Crippen molar-refractivity contribution in [1.82, 2.24) is 5.32 Å². The number of halogens is 1. The fourth-order valence-corrected chi connectivity index (χ4v) is 1.81. The van der Waals surface area contributed by atoms with Crippen molar-refractivity contribution in [2.75, 3.05) is 5.32 Å². The van der Waals surface area contributed by atoms with Crippen molar-refractivity contribution >= 4 is 23.5 Å². The Bertz CT molecular complexity index is 559. The molecule has 7 heteroatoms. The summed E-state index contributed by atoms with van der Waals surface area (Å²) in [6.07, 6.45) is 0.666. The largest absolute Gasteiger partial charge is 0.478 e. The number of amides is 2. The normalized spacial score (nSPS) is 17.9. The highest BCUT2D eigenvalue weighted by molar-refractivity contribution is 5.99. The zero-order chi connectivity index (χ0) is 14.0. The van der Waals surface area contributed by atoms with Gasteiger partial charge in [-0.3, -0.25) is 9.59 Å². The molecule has 1 fully saturated rings. The minimum Gasteiger partial charge on any atom is -0.478 e. The van der Waals surface area contributed by atoms with Crippen molar-refractivity contribution in [2.45, 2.75) is 18.9 Å². The highest BCUT2D eigenvalue weighted by Gasteiger charge is 2.27. The number of aromatic carboxylic acids is 1. The van der Waals surface area contributed by atoms with E-state index in [0.29, 0.717) is 6.42 Å². The number of carbonyl (C=O) groups is 3. The zero-order valence-corrected chi connectivity index (χ0v) is 9.77. The molecule has 1 saturated heterocycles. The van der Waals surface area contributed by atoms with Crippen LogP contribution < -0.4 is 10.6 Å². The van der Waals surface area contributed by atoms with E-state index in [4.69, 9.17) is 5.11 Å². The van der Waals surface area contributed by atoms with Crippen LogP contribution in [0.4, 0.5) is 10.1 Å². The molecule has 0 radical (unpaired) electrons. The van der Waals surface area contributed by atoms with Crippen LogP contribution in [0.15, 0.2) is 18.2 Å². The van der Waals surface area contributed by atoms with Crippen molar-refractivity contribution in [3.8, 4) is 0 Å². The van der Waals surface area contributed by atoms with Gasteiger partial charge in [-0.2, -0.15) is 0 Å². The molecule has 0 aliphatic carbocycles. The molecule has 1 aliphatic heterocycles. The lowest BCUT2D eigenvalue weighted by atomic mass is 10.1. The van der Waals surface area contributed by atoms with Gasteiger partial charge in [0.2, 0.25) is 11.8 Å². The molecule has 1 heterocycles. The minimum atomic E-state index is -1.41. The van der Waals surface area contributed by atoms with Crippen LogP contribution in [-0.4, -0.2) is 28.9 Å². The lowest BCUT2D eigenvalue weighted by Gasteiger charge is -2.11. The van der Waals surface area contributed by atoms with Crippen molar-refractivity contribution in [3.05, 3.63) is 29.6 Å². The van der Waals surface area contributed by atoms with Gasteiger partial charge >= 0.3 is 5.97 Å². The summed E-state index contributed by atoms with van der Waals surface area (Å²) < 4.78 is 13.2. The summed E-state index contributed by atoms with van der Waals surface area (Å²) in [6.45, 7) is 0. The molecule has 1 aromatic rings. The van der Waals surface area contributed by atoms with E-state index >= 15 is 0 Å². The molecule has 19 heavy (non-hydrogen) atoms. The van der Waals surface area contributed by atoms with E-state index in [0.717, 1.165) is 12.1 Å². The van der Waals surface area contributed by atoms with Crippen molar-refractivity contribution in [2.24, 2.45) is 0 Å². The molecule has 0 spiro atoms. The third-order valence-corrected chi connectivity index (χ3v) is 2.78.